The van der Waals surface area contributed by atoms with Crippen molar-refractivity contribution < 1.29 is 9.53 Å². The van der Waals surface area contributed by atoms with Crippen LogP contribution in [0, 0.1) is 0 Å². The molecule has 0 bridgehead atoms. The molecule has 0 spiro atoms. The molecular weight excluding hydrogens is 266 g/mol. The number of benzene rings is 1. The molecule has 0 fully saturated rings. The maximum Gasteiger partial charge on any atom is 0.256 e. The van der Waals surface area contributed by atoms with Gasteiger partial charge < -0.3 is 10.1 Å². The lowest BCUT2D eigenvalue weighted by Gasteiger charge is -2.12. The summed E-state index contributed by atoms with van der Waals surface area (Å²) in [5.41, 5.74) is 0.586. The molecule has 21 heavy (non-hydrogen) atoms. The molecule has 1 heterocycles. The van der Waals surface area contributed by atoms with Gasteiger partial charge in [-0.2, -0.15) is 5.10 Å². The number of ether oxygens (including phenoxy) is 1. The number of anilines is 1. The van der Waals surface area contributed by atoms with E-state index in [1.165, 1.54) is 0 Å². The highest BCUT2D eigenvalue weighted by molar-refractivity contribution is 6.03. The number of rotatable bonds is 5. The topological polar surface area (TPSA) is 56.1 Å². The van der Waals surface area contributed by atoms with Crippen LogP contribution < -0.4 is 10.1 Å². The molecule has 1 aromatic heterocycles. The minimum atomic E-state index is -0.159. The van der Waals surface area contributed by atoms with Gasteiger partial charge in [0.1, 0.15) is 11.6 Å². The second-order valence-corrected chi connectivity index (χ2v) is 5.40. The predicted molar refractivity (Wildman–Crippen MR) is 82.8 cm³/mol. The van der Waals surface area contributed by atoms with Crippen LogP contribution in [0.4, 0.5) is 5.82 Å². The third-order valence-electron chi connectivity index (χ3n) is 2.89. The lowest BCUT2D eigenvalue weighted by Crippen LogP contribution is -2.16. The Balaban J connectivity index is 2.08. The molecule has 1 N–H and O–H groups in total. The van der Waals surface area contributed by atoms with Crippen molar-refractivity contribution >= 4 is 11.7 Å². The number of carbonyl (C=O) groups is 1. The molecule has 1 aromatic carbocycles. The largest absolute Gasteiger partial charge is 0.491 e. The highest BCUT2D eigenvalue weighted by Gasteiger charge is 2.11. The highest BCUT2D eigenvalue weighted by Crippen LogP contribution is 2.17. The van der Waals surface area contributed by atoms with E-state index in [0.717, 1.165) is 5.75 Å². The monoisotopic (exact) mass is 287 g/mol. The fraction of sp³-hybridized carbons (Fsp3) is 0.375. The van der Waals surface area contributed by atoms with Gasteiger partial charge in [0.25, 0.3) is 5.91 Å². The van der Waals surface area contributed by atoms with Gasteiger partial charge in [0.15, 0.2) is 0 Å². The maximum atomic E-state index is 12.2. The third-order valence-corrected chi connectivity index (χ3v) is 2.89. The van der Waals surface area contributed by atoms with Crippen molar-refractivity contribution in [3.63, 3.8) is 0 Å². The summed E-state index contributed by atoms with van der Waals surface area (Å²) in [5.74, 6) is 1.29. The number of hydrogen-bond acceptors (Lipinski definition) is 3. The SMILES string of the molecule is CC(C)Oc1ccc(C(=O)Nc2ccnn2C(C)C)cc1. The first-order valence-electron chi connectivity index (χ1n) is 7.09. The Morgan fingerprint density at radius 2 is 1.81 bits per heavy atom. The van der Waals surface area contributed by atoms with Crippen molar-refractivity contribution in [3.8, 4) is 5.75 Å². The molecule has 0 atom stereocenters. The standard InChI is InChI=1S/C16H21N3O2/c1-11(2)19-15(9-10-17-19)18-16(20)13-5-7-14(8-6-13)21-12(3)4/h5-12H,1-4H3,(H,18,20). The Bertz CT molecular complexity index is 600. The Hall–Kier alpha value is -2.30. The van der Waals surface area contributed by atoms with Gasteiger partial charge in [0, 0.05) is 17.7 Å². The Morgan fingerprint density at radius 3 is 2.38 bits per heavy atom. The molecule has 2 rings (SSSR count). The number of hydrogen-bond donors (Lipinski definition) is 1. The second kappa shape index (κ2) is 6.43. The number of nitrogens with zero attached hydrogens (tertiary/aromatic N) is 2. The van der Waals surface area contributed by atoms with Gasteiger partial charge in [-0.3, -0.25) is 4.79 Å². The van der Waals surface area contributed by atoms with E-state index in [1.54, 1.807) is 41.2 Å². The Kier molecular flexibility index (Phi) is 4.62. The van der Waals surface area contributed by atoms with E-state index in [-0.39, 0.29) is 18.1 Å². The summed E-state index contributed by atoms with van der Waals surface area (Å²) in [6.07, 6.45) is 1.79. The molecule has 0 saturated heterocycles. The van der Waals surface area contributed by atoms with Crippen LogP contribution in [0.25, 0.3) is 0 Å². The van der Waals surface area contributed by atoms with Gasteiger partial charge in [-0.15, -0.1) is 0 Å². The first-order valence-corrected chi connectivity index (χ1v) is 7.09. The van der Waals surface area contributed by atoms with E-state index < -0.39 is 0 Å². The van der Waals surface area contributed by atoms with Crippen LogP contribution in [0.2, 0.25) is 0 Å². The molecule has 1 amide bonds. The Labute approximate surface area is 124 Å². The summed E-state index contributed by atoms with van der Waals surface area (Å²) >= 11 is 0. The van der Waals surface area contributed by atoms with Gasteiger partial charge >= 0.3 is 0 Å². The van der Waals surface area contributed by atoms with Crippen LogP contribution in [0.3, 0.4) is 0 Å². The number of carbonyl (C=O) groups excluding carboxylic acids is 1. The highest BCUT2D eigenvalue weighted by atomic mass is 16.5. The van der Waals surface area contributed by atoms with Crippen LogP contribution in [0.1, 0.15) is 44.1 Å². The van der Waals surface area contributed by atoms with E-state index in [1.807, 2.05) is 27.7 Å². The summed E-state index contributed by atoms with van der Waals surface area (Å²) in [6.45, 7) is 7.96. The van der Waals surface area contributed by atoms with E-state index in [4.69, 9.17) is 4.74 Å². The first-order chi connectivity index (χ1) is 9.97. The predicted octanol–water partition coefficient (Wildman–Crippen LogP) is 3.50. The number of aromatic nitrogens is 2. The number of nitrogens with one attached hydrogen (secondary N) is 1. The molecule has 0 saturated carbocycles. The normalized spacial score (nSPS) is 11.0. The molecule has 5 heteroatoms. The van der Waals surface area contributed by atoms with Gasteiger partial charge in [0.05, 0.1) is 12.3 Å². The van der Waals surface area contributed by atoms with Crippen LogP contribution in [0.15, 0.2) is 36.5 Å². The van der Waals surface area contributed by atoms with Crippen molar-refractivity contribution in [1.29, 1.82) is 0 Å². The quantitative estimate of drug-likeness (QED) is 0.915. The average Bonchev–Trinajstić information content (AvgIpc) is 2.87. The fourth-order valence-corrected chi connectivity index (χ4v) is 1.97. The number of amides is 1. The minimum Gasteiger partial charge on any atom is -0.491 e. The van der Waals surface area contributed by atoms with Gasteiger partial charge in [-0.1, -0.05) is 0 Å². The molecule has 0 aliphatic carbocycles. The van der Waals surface area contributed by atoms with Crippen molar-refractivity contribution in [1.82, 2.24) is 9.78 Å². The van der Waals surface area contributed by atoms with E-state index in [2.05, 4.69) is 10.4 Å². The molecule has 0 aliphatic heterocycles. The van der Waals surface area contributed by atoms with Gasteiger partial charge in [0.2, 0.25) is 0 Å². The zero-order valence-electron chi connectivity index (χ0n) is 12.8. The maximum absolute atomic E-state index is 12.2. The molecule has 0 unspecified atom stereocenters. The summed E-state index contributed by atoms with van der Waals surface area (Å²) in [4.78, 5) is 12.2. The zero-order valence-corrected chi connectivity index (χ0v) is 12.8. The average molecular weight is 287 g/mol. The molecule has 2 aromatic rings. The lowest BCUT2D eigenvalue weighted by atomic mass is 10.2. The molecule has 112 valence electrons. The van der Waals surface area contributed by atoms with Crippen molar-refractivity contribution in [2.45, 2.75) is 39.8 Å². The first kappa shape index (κ1) is 15.1. The molecule has 0 radical (unpaired) electrons. The van der Waals surface area contributed by atoms with E-state index in [0.29, 0.717) is 11.4 Å². The van der Waals surface area contributed by atoms with E-state index in [9.17, 15) is 4.79 Å². The lowest BCUT2D eigenvalue weighted by molar-refractivity contribution is 0.102. The van der Waals surface area contributed by atoms with Crippen molar-refractivity contribution in [2.75, 3.05) is 5.32 Å². The smallest absolute Gasteiger partial charge is 0.256 e. The second-order valence-electron chi connectivity index (χ2n) is 5.40. The van der Waals surface area contributed by atoms with Crippen molar-refractivity contribution in [2.24, 2.45) is 0 Å². The molecule has 0 aliphatic rings. The Morgan fingerprint density at radius 1 is 1.14 bits per heavy atom. The zero-order chi connectivity index (χ0) is 15.4. The van der Waals surface area contributed by atoms with Crippen LogP contribution in [-0.4, -0.2) is 21.8 Å². The fourth-order valence-electron chi connectivity index (χ4n) is 1.97. The van der Waals surface area contributed by atoms with Crippen LogP contribution >= 0.6 is 0 Å². The third kappa shape index (κ3) is 3.84. The summed E-state index contributed by atoms with van der Waals surface area (Å²) in [7, 11) is 0. The van der Waals surface area contributed by atoms with E-state index >= 15 is 0 Å². The summed E-state index contributed by atoms with van der Waals surface area (Å²) in [6, 6.07) is 9.08. The van der Waals surface area contributed by atoms with Gasteiger partial charge in [-0.25, -0.2) is 4.68 Å². The summed E-state index contributed by atoms with van der Waals surface area (Å²) in [5, 5.41) is 7.06. The van der Waals surface area contributed by atoms with Crippen LogP contribution in [0.5, 0.6) is 5.75 Å². The van der Waals surface area contributed by atoms with Crippen LogP contribution in [-0.2, 0) is 0 Å². The molecular formula is C16H21N3O2. The minimum absolute atomic E-state index is 0.116. The van der Waals surface area contributed by atoms with Crippen molar-refractivity contribution in [3.05, 3.63) is 42.1 Å². The summed E-state index contributed by atoms with van der Waals surface area (Å²) < 4.78 is 7.33. The molecule has 5 nitrogen and oxygen atoms in total. The van der Waals surface area contributed by atoms with Gasteiger partial charge in [-0.05, 0) is 52.0 Å².